The minimum atomic E-state index is -0.130. The SMILES string of the molecule is O=C(Nc1cccc(-c2noc(-c3cccs3)n2)c1)c1cccs1. The molecule has 3 heterocycles. The van der Waals surface area contributed by atoms with E-state index in [-0.39, 0.29) is 5.91 Å². The predicted octanol–water partition coefficient (Wildman–Crippen LogP) is 4.78. The van der Waals surface area contributed by atoms with Crippen LogP contribution >= 0.6 is 22.7 Å². The van der Waals surface area contributed by atoms with Crippen LogP contribution < -0.4 is 5.32 Å². The number of anilines is 1. The standard InChI is InChI=1S/C17H11N3O2S2/c21-16(13-6-2-8-23-13)18-12-5-1-4-11(10-12)15-19-17(22-20-15)14-7-3-9-24-14/h1-10H,(H,18,21). The van der Waals surface area contributed by atoms with Gasteiger partial charge in [0.1, 0.15) is 0 Å². The highest BCUT2D eigenvalue weighted by atomic mass is 32.1. The Bertz CT molecular complexity index is 960. The maximum atomic E-state index is 12.1. The molecule has 0 spiro atoms. The molecule has 0 aliphatic rings. The quantitative estimate of drug-likeness (QED) is 0.573. The topological polar surface area (TPSA) is 68.0 Å². The normalized spacial score (nSPS) is 10.7. The van der Waals surface area contributed by atoms with Crippen LogP contribution in [0.1, 0.15) is 9.67 Å². The summed E-state index contributed by atoms with van der Waals surface area (Å²) in [7, 11) is 0. The zero-order valence-electron chi connectivity index (χ0n) is 12.3. The minimum Gasteiger partial charge on any atom is -0.333 e. The summed E-state index contributed by atoms with van der Waals surface area (Å²) >= 11 is 2.94. The molecule has 1 amide bonds. The molecule has 0 atom stereocenters. The van der Waals surface area contributed by atoms with Gasteiger partial charge in [-0.3, -0.25) is 4.79 Å². The molecule has 3 aromatic heterocycles. The highest BCUT2D eigenvalue weighted by Crippen LogP contribution is 2.27. The largest absolute Gasteiger partial charge is 0.333 e. The van der Waals surface area contributed by atoms with E-state index in [4.69, 9.17) is 4.52 Å². The lowest BCUT2D eigenvalue weighted by Crippen LogP contribution is -2.09. The van der Waals surface area contributed by atoms with E-state index in [0.29, 0.717) is 22.3 Å². The van der Waals surface area contributed by atoms with Crippen molar-refractivity contribution in [2.24, 2.45) is 0 Å². The van der Waals surface area contributed by atoms with Gasteiger partial charge in [0.2, 0.25) is 5.82 Å². The number of hydrogen-bond donors (Lipinski definition) is 1. The number of benzene rings is 1. The third-order valence-electron chi connectivity index (χ3n) is 3.28. The highest BCUT2D eigenvalue weighted by molar-refractivity contribution is 7.13. The van der Waals surface area contributed by atoms with Gasteiger partial charge in [0.15, 0.2) is 0 Å². The molecule has 5 nitrogen and oxygen atoms in total. The van der Waals surface area contributed by atoms with E-state index in [9.17, 15) is 4.79 Å². The molecule has 4 rings (SSSR count). The van der Waals surface area contributed by atoms with Gasteiger partial charge < -0.3 is 9.84 Å². The summed E-state index contributed by atoms with van der Waals surface area (Å²) < 4.78 is 5.31. The van der Waals surface area contributed by atoms with Crippen molar-refractivity contribution in [3.63, 3.8) is 0 Å². The minimum absolute atomic E-state index is 0.130. The van der Waals surface area contributed by atoms with Crippen molar-refractivity contribution in [3.05, 3.63) is 64.2 Å². The lowest BCUT2D eigenvalue weighted by atomic mass is 10.2. The lowest BCUT2D eigenvalue weighted by molar-refractivity contribution is 0.103. The van der Waals surface area contributed by atoms with Gasteiger partial charge in [-0.05, 0) is 35.0 Å². The number of carbonyl (C=O) groups is 1. The molecule has 0 bridgehead atoms. The molecule has 0 aliphatic carbocycles. The van der Waals surface area contributed by atoms with E-state index in [1.165, 1.54) is 11.3 Å². The number of nitrogens with one attached hydrogen (secondary N) is 1. The Labute approximate surface area is 145 Å². The molecular formula is C17H11N3O2S2. The summed E-state index contributed by atoms with van der Waals surface area (Å²) in [6.07, 6.45) is 0. The number of nitrogens with zero attached hydrogens (tertiary/aromatic N) is 2. The van der Waals surface area contributed by atoms with Crippen LogP contribution in [-0.2, 0) is 0 Å². The van der Waals surface area contributed by atoms with E-state index in [0.717, 1.165) is 10.4 Å². The van der Waals surface area contributed by atoms with E-state index in [1.54, 1.807) is 17.4 Å². The first-order chi connectivity index (χ1) is 11.8. The summed E-state index contributed by atoms with van der Waals surface area (Å²) in [5.74, 6) is 0.855. The maximum Gasteiger partial charge on any atom is 0.268 e. The lowest BCUT2D eigenvalue weighted by Gasteiger charge is -2.04. The zero-order chi connectivity index (χ0) is 16.4. The Morgan fingerprint density at radius 1 is 1.04 bits per heavy atom. The smallest absolute Gasteiger partial charge is 0.268 e. The Morgan fingerprint density at radius 2 is 1.92 bits per heavy atom. The summed E-state index contributed by atoms with van der Waals surface area (Å²) in [5.41, 5.74) is 1.47. The van der Waals surface area contributed by atoms with Crippen molar-refractivity contribution in [3.8, 4) is 22.2 Å². The second kappa shape index (κ2) is 6.38. The van der Waals surface area contributed by atoms with Crippen LogP contribution in [0.25, 0.3) is 22.2 Å². The van der Waals surface area contributed by atoms with Crippen molar-refractivity contribution in [1.29, 1.82) is 0 Å². The molecule has 0 radical (unpaired) electrons. The summed E-state index contributed by atoms with van der Waals surface area (Å²) in [6, 6.07) is 14.9. The van der Waals surface area contributed by atoms with Gasteiger partial charge in [-0.1, -0.05) is 29.4 Å². The number of aromatic nitrogens is 2. The Balaban J connectivity index is 1.58. The molecule has 0 saturated carbocycles. The monoisotopic (exact) mass is 353 g/mol. The highest BCUT2D eigenvalue weighted by Gasteiger charge is 2.12. The third-order valence-corrected chi connectivity index (χ3v) is 5.01. The average molecular weight is 353 g/mol. The second-order valence-corrected chi connectivity index (χ2v) is 6.81. The van der Waals surface area contributed by atoms with Gasteiger partial charge >= 0.3 is 0 Å². The Morgan fingerprint density at radius 3 is 2.71 bits per heavy atom. The van der Waals surface area contributed by atoms with Crippen LogP contribution in [0.3, 0.4) is 0 Å². The van der Waals surface area contributed by atoms with Crippen molar-refractivity contribution >= 4 is 34.3 Å². The fourth-order valence-corrected chi connectivity index (χ4v) is 3.44. The maximum absolute atomic E-state index is 12.1. The average Bonchev–Trinajstić information content (AvgIpc) is 3.36. The van der Waals surface area contributed by atoms with Crippen LogP contribution in [0.2, 0.25) is 0 Å². The summed E-state index contributed by atoms with van der Waals surface area (Å²) in [5, 5.41) is 10.7. The van der Waals surface area contributed by atoms with Crippen LogP contribution in [0.5, 0.6) is 0 Å². The van der Waals surface area contributed by atoms with Gasteiger partial charge in [-0.25, -0.2) is 0 Å². The fourth-order valence-electron chi connectivity index (χ4n) is 2.18. The first kappa shape index (κ1) is 14.8. The van der Waals surface area contributed by atoms with Gasteiger partial charge in [0.05, 0.1) is 9.75 Å². The summed E-state index contributed by atoms with van der Waals surface area (Å²) in [6.45, 7) is 0. The van der Waals surface area contributed by atoms with Gasteiger partial charge in [0, 0.05) is 11.3 Å². The number of thiophene rings is 2. The van der Waals surface area contributed by atoms with Crippen molar-refractivity contribution < 1.29 is 9.32 Å². The number of hydrogen-bond acceptors (Lipinski definition) is 6. The molecular weight excluding hydrogens is 342 g/mol. The van der Waals surface area contributed by atoms with Crippen LogP contribution in [-0.4, -0.2) is 16.0 Å². The van der Waals surface area contributed by atoms with Crippen molar-refractivity contribution in [2.75, 3.05) is 5.32 Å². The number of rotatable bonds is 4. The Kier molecular flexibility index (Phi) is 3.94. The Hall–Kier alpha value is -2.77. The van der Waals surface area contributed by atoms with Gasteiger partial charge in [-0.15, -0.1) is 22.7 Å². The number of amides is 1. The van der Waals surface area contributed by atoms with Crippen LogP contribution in [0, 0.1) is 0 Å². The molecule has 0 unspecified atom stereocenters. The second-order valence-electron chi connectivity index (χ2n) is 4.91. The van der Waals surface area contributed by atoms with E-state index in [2.05, 4.69) is 15.5 Å². The molecule has 118 valence electrons. The zero-order valence-corrected chi connectivity index (χ0v) is 13.9. The predicted molar refractivity (Wildman–Crippen MR) is 95.3 cm³/mol. The van der Waals surface area contributed by atoms with E-state index >= 15 is 0 Å². The molecule has 0 aliphatic heterocycles. The molecule has 0 fully saturated rings. The molecule has 7 heteroatoms. The van der Waals surface area contributed by atoms with Crippen molar-refractivity contribution in [2.45, 2.75) is 0 Å². The molecule has 1 aromatic carbocycles. The molecule has 1 N–H and O–H groups in total. The fraction of sp³-hybridized carbons (Fsp3) is 0. The number of carbonyl (C=O) groups excluding carboxylic acids is 1. The third kappa shape index (κ3) is 2.99. The summed E-state index contributed by atoms with van der Waals surface area (Å²) in [4.78, 5) is 18.1. The van der Waals surface area contributed by atoms with Gasteiger partial charge in [-0.2, -0.15) is 4.98 Å². The van der Waals surface area contributed by atoms with Crippen molar-refractivity contribution in [1.82, 2.24) is 10.1 Å². The van der Waals surface area contributed by atoms with Crippen LogP contribution in [0.15, 0.2) is 63.8 Å². The van der Waals surface area contributed by atoms with E-state index in [1.807, 2.05) is 53.2 Å². The first-order valence-corrected chi connectivity index (χ1v) is 8.88. The van der Waals surface area contributed by atoms with Crippen LogP contribution in [0.4, 0.5) is 5.69 Å². The molecule has 0 saturated heterocycles. The molecule has 24 heavy (non-hydrogen) atoms. The first-order valence-electron chi connectivity index (χ1n) is 7.12. The van der Waals surface area contributed by atoms with E-state index < -0.39 is 0 Å². The molecule has 4 aromatic rings. The van der Waals surface area contributed by atoms with Gasteiger partial charge in [0.25, 0.3) is 11.8 Å².